The lowest BCUT2D eigenvalue weighted by Gasteiger charge is -2.17. The van der Waals surface area contributed by atoms with Crippen molar-refractivity contribution in [1.29, 1.82) is 0 Å². The number of fused-ring (bicyclic) bond motifs is 2. The second-order valence-corrected chi connectivity index (χ2v) is 7.09. The van der Waals surface area contributed by atoms with Crippen molar-refractivity contribution in [2.75, 3.05) is 11.4 Å². The maximum Gasteiger partial charge on any atom is 0.251 e. The first-order valence-electron chi connectivity index (χ1n) is 9.04. The fourth-order valence-electron chi connectivity index (χ4n) is 3.88. The van der Waals surface area contributed by atoms with Crippen LogP contribution in [0.2, 0.25) is 0 Å². The lowest BCUT2D eigenvalue weighted by atomic mass is 10.0. The Hall–Kier alpha value is -2.88. The van der Waals surface area contributed by atoms with Gasteiger partial charge < -0.3 is 9.88 Å². The van der Waals surface area contributed by atoms with E-state index in [1.54, 1.807) is 0 Å². The molecule has 1 aliphatic heterocycles. The van der Waals surface area contributed by atoms with Gasteiger partial charge in [0.2, 0.25) is 5.91 Å². The zero-order valence-corrected chi connectivity index (χ0v) is 15.1. The molecule has 0 unspecified atom stereocenters. The number of nitrogens with zero attached hydrogens (tertiary/aromatic N) is 1. The molecule has 0 atom stereocenters. The van der Waals surface area contributed by atoms with Gasteiger partial charge in [-0.05, 0) is 61.6 Å². The molecule has 1 aliphatic rings. The highest BCUT2D eigenvalue weighted by Crippen LogP contribution is 2.28. The Bertz CT molecular complexity index is 1070. The van der Waals surface area contributed by atoms with Crippen LogP contribution in [0, 0.1) is 13.8 Å². The van der Waals surface area contributed by atoms with Crippen LogP contribution in [0.1, 0.15) is 28.7 Å². The van der Waals surface area contributed by atoms with E-state index < -0.39 is 0 Å². The van der Waals surface area contributed by atoms with Crippen molar-refractivity contribution in [2.45, 2.75) is 33.1 Å². The third-order valence-electron chi connectivity index (χ3n) is 5.19. The minimum Gasteiger partial charge on any atom is -0.322 e. The Balaban J connectivity index is 1.56. The number of carbonyl (C=O) groups is 1. The average Bonchev–Trinajstić information content (AvgIpc) is 3.04. The molecular weight excluding hydrogens is 324 g/mol. The molecule has 1 amide bonds. The zero-order valence-electron chi connectivity index (χ0n) is 15.1. The lowest BCUT2D eigenvalue weighted by Crippen LogP contribution is -2.29. The predicted octanol–water partition coefficient (Wildman–Crippen LogP) is 3.67. The number of rotatable bonds is 3. The van der Waals surface area contributed by atoms with E-state index in [9.17, 15) is 9.59 Å². The van der Waals surface area contributed by atoms with E-state index in [0.717, 1.165) is 40.7 Å². The predicted molar refractivity (Wildman–Crippen MR) is 105 cm³/mol. The van der Waals surface area contributed by atoms with E-state index in [1.165, 1.54) is 5.56 Å². The summed E-state index contributed by atoms with van der Waals surface area (Å²) >= 11 is 0. The summed E-state index contributed by atoms with van der Waals surface area (Å²) in [4.78, 5) is 29.9. The Morgan fingerprint density at radius 2 is 1.96 bits per heavy atom. The van der Waals surface area contributed by atoms with Crippen LogP contribution in [0.5, 0.6) is 0 Å². The van der Waals surface area contributed by atoms with Crippen LogP contribution in [0.4, 0.5) is 5.69 Å². The van der Waals surface area contributed by atoms with Crippen molar-refractivity contribution >= 4 is 22.5 Å². The maximum atomic E-state index is 12.7. The number of nitrogens with one attached hydrogen (secondary N) is 1. The highest BCUT2D eigenvalue weighted by Gasteiger charge is 2.23. The van der Waals surface area contributed by atoms with Gasteiger partial charge in [0.25, 0.3) is 5.56 Å². The summed E-state index contributed by atoms with van der Waals surface area (Å²) in [6.07, 6.45) is 1.70. The van der Waals surface area contributed by atoms with E-state index in [4.69, 9.17) is 0 Å². The molecule has 0 aliphatic carbocycles. The molecule has 26 heavy (non-hydrogen) atoms. The summed E-state index contributed by atoms with van der Waals surface area (Å²) in [5, 5.41) is 1.05. The van der Waals surface area contributed by atoms with Gasteiger partial charge >= 0.3 is 0 Å². The van der Waals surface area contributed by atoms with E-state index in [0.29, 0.717) is 18.4 Å². The summed E-state index contributed by atoms with van der Waals surface area (Å²) in [5.74, 6) is 0.0788. The molecule has 4 rings (SSSR count). The van der Waals surface area contributed by atoms with Gasteiger partial charge in [-0.3, -0.25) is 9.59 Å². The van der Waals surface area contributed by atoms with Crippen LogP contribution < -0.4 is 10.5 Å². The number of amides is 1. The molecular formula is C22H22N2O2. The van der Waals surface area contributed by atoms with Crippen molar-refractivity contribution in [3.8, 4) is 0 Å². The van der Waals surface area contributed by atoms with Crippen molar-refractivity contribution in [3.63, 3.8) is 0 Å². The molecule has 0 bridgehead atoms. The van der Waals surface area contributed by atoms with Crippen LogP contribution in [0.3, 0.4) is 0 Å². The van der Waals surface area contributed by atoms with E-state index >= 15 is 0 Å². The lowest BCUT2D eigenvalue weighted by molar-refractivity contribution is -0.118. The van der Waals surface area contributed by atoms with Gasteiger partial charge in [0.1, 0.15) is 0 Å². The Kier molecular flexibility index (Phi) is 4.11. The molecule has 0 radical (unpaired) electrons. The summed E-state index contributed by atoms with van der Waals surface area (Å²) in [5.41, 5.74) is 5.92. The van der Waals surface area contributed by atoms with E-state index in [1.807, 2.05) is 49.1 Å². The molecule has 4 heteroatoms. The largest absolute Gasteiger partial charge is 0.322 e. The molecule has 0 fully saturated rings. The monoisotopic (exact) mass is 346 g/mol. The SMILES string of the molecule is Cc1cc(C)c2cc(CCC(=O)N3CCc4ccccc43)c(=O)[nH]c2c1. The second-order valence-electron chi connectivity index (χ2n) is 7.09. The molecule has 0 saturated carbocycles. The molecule has 1 N–H and O–H groups in total. The number of pyridine rings is 1. The standard InChI is InChI=1S/C22H22N2O2/c1-14-11-15(2)18-13-17(22(26)23-19(18)12-14)7-8-21(25)24-10-9-16-5-3-4-6-20(16)24/h3-6,11-13H,7-10H2,1-2H3,(H,23,26). The zero-order chi connectivity index (χ0) is 18.3. The van der Waals surface area contributed by atoms with Gasteiger partial charge in [-0.15, -0.1) is 0 Å². The summed E-state index contributed by atoms with van der Waals surface area (Å²) in [6.45, 7) is 4.79. The first-order valence-corrected chi connectivity index (χ1v) is 9.04. The van der Waals surface area contributed by atoms with Crippen LogP contribution in [0.25, 0.3) is 10.9 Å². The topological polar surface area (TPSA) is 53.2 Å². The third kappa shape index (κ3) is 2.92. The molecule has 4 nitrogen and oxygen atoms in total. The van der Waals surface area contributed by atoms with E-state index in [-0.39, 0.29) is 11.5 Å². The normalized spacial score (nSPS) is 13.2. The van der Waals surface area contributed by atoms with Gasteiger partial charge in [-0.2, -0.15) is 0 Å². The highest BCUT2D eigenvalue weighted by molar-refractivity contribution is 5.95. The third-order valence-corrected chi connectivity index (χ3v) is 5.19. The summed E-state index contributed by atoms with van der Waals surface area (Å²) in [7, 11) is 0. The Labute approximate surface area is 152 Å². The number of anilines is 1. The minimum absolute atomic E-state index is 0.0788. The smallest absolute Gasteiger partial charge is 0.251 e. The summed E-state index contributed by atoms with van der Waals surface area (Å²) in [6, 6.07) is 14.1. The van der Waals surface area contributed by atoms with Crippen LogP contribution in [0.15, 0.2) is 47.3 Å². The second kappa shape index (κ2) is 6.45. The molecule has 0 spiro atoms. The molecule has 1 aromatic heterocycles. The van der Waals surface area contributed by atoms with Gasteiger partial charge in [0, 0.05) is 35.1 Å². The number of para-hydroxylation sites is 1. The number of aromatic nitrogens is 1. The first-order chi connectivity index (χ1) is 12.5. The average molecular weight is 346 g/mol. The Morgan fingerprint density at radius 3 is 2.81 bits per heavy atom. The number of carbonyl (C=O) groups excluding carboxylic acids is 1. The molecule has 0 saturated heterocycles. The maximum absolute atomic E-state index is 12.7. The van der Waals surface area contributed by atoms with Crippen LogP contribution in [-0.2, 0) is 17.6 Å². The number of benzene rings is 2. The summed E-state index contributed by atoms with van der Waals surface area (Å²) < 4.78 is 0. The fourth-order valence-corrected chi connectivity index (χ4v) is 3.88. The number of aryl methyl sites for hydroxylation is 3. The number of aromatic amines is 1. The quantitative estimate of drug-likeness (QED) is 0.787. The fraction of sp³-hybridized carbons (Fsp3) is 0.273. The Morgan fingerprint density at radius 1 is 1.15 bits per heavy atom. The van der Waals surface area contributed by atoms with Crippen molar-refractivity contribution in [1.82, 2.24) is 4.98 Å². The van der Waals surface area contributed by atoms with Crippen LogP contribution >= 0.6 is 0 Å². The van der Waals surface area contributed by atoms with E-state index in [2.05, 4.69) is 17.1 Å². The van der Waals surface area contributed by atoms with Crippen LogP contribution in [-0.4, -0.2) is 17.4 Å². The van der Waals surface area contributed by atoms with Crippen molar-refractivity contribution in [2.24, 2.45) is 0 Å². The molecule has 132 valence electrons. The minimum atomic E-state index is -0.0999. The van der Waals surface area contributed by atoms with Crippen molar-refractivity contribution < 1.29 is 4.79 Å². The number of hydrogen-bond acceptors (Lipinski definition) is 2. The van der Waals surface area contributed by atoms with Crippen molar-refractivity contribution in [3.05, 3.63) is 75.1 Å². The number of hydrogen-bond donors (Lipinski definition) is 1. The van der Waals surface area contributed by atoms with Gasteiger partial charge in [0.15, 0.2) is 0 Å². The van der Waals surface area contributed by atoms with Gasteiger partial charge in [-0.25, -0.2) is 0 Å². The molecule has 2 aromatic carbocycles. The highest BCUT2D eigenvalue weighted by atomic mass is 16.2. The van der Waals surface area contributed by atoms with Gasteiger partial charge in [0.05, 0.1) is 0 Å². The first kappa shape index (κ1) is 16.6. The molecule has 2 heterocycles. The molecule has 3 aromatic rings. The van der Waals surface area contributed by atoms with Gasteiger partial charge in [-0.1, -0.05) is 24.3 Å². The number of H-pyrrole nitrogens is 1.